The summed E-state index contributed by atoms with van der Waals surface area (Å²) in [5, 5.41) is 21.4. The van der Waals surface area contributed by atoms with Crippen LogP contribution in [0.25, 0.3) is 5.76 Å². The van der Waals surface area contributed by atoms with Gasteiger partial charge in [-0.15, -0.1) is 0 Å². The van der Waals surface area contributed by atoms with Gasteiger partial charge in [-0.2, -0.15) is 0 Å². The second-order valence-corrected chi connectivity index (χ2v) is 9.19. The smallest absolute Gasteiger partial charge is 0.295 e. The topological polar surface area (TPSA) is 99.5 Å². The molecule has 0 aliphatic carbocycles. The van der Waals surface area contributed by atoms with Crippen LogP contribution in [0.4, 0.5) is 0 Å². The van der Waals surface area contributed by atoms with Crippen molar-refractivity contribution < 1.29 is 29.3 Å². The van der Waals surface area contributed by atoms with Gasteiger partial charge in [0, 0.05) is 18.7 Å². The highest BCUT2D eigenvalue weighted by atomic mass is 16.5. The third kappa shape index (κ3) is 5.95. The molecule has 35 heavy (non-hydrogen) atoms. The number of likely N-dealkylation sites (tertiary alicyclic amines) is 1. The van der Waals surface area contributed by atoms with Crippen molar-refractivity contribution in [3.8, 4) is 17.2 Å². The molecule has 1 heterocycles. The Hall–Kier alpha value is -3.52. The highest BCUT2D eigenvalue weighted by Crippen LogP contribution is 2.41. The second-order valence-electron chi connectivity index (χ2n) is 9.19. The third-order valence-corrected chi connectivity index (χ3v) is 5.64. The molecule has 2 aromatic carbocycles. The van der Waals surface area contributed by atoms with Crippen molar-refractivity contribution in [2.24, 2.45) is 5.92 Å². The number of hydrogen-bond acceptors (Lipinski definition) is 7. The average molecular weight is 483 g/mol. The van der Waals surface area contributed by atoms with E-state index in [1.54, 1.807) is 43.3 Å². The number of benzene rings is 2. The molecule has 1 aliphatic rings. The van der Waals surface area contributed by atoms with Crippen LogP contribution in [0, 0.1) is 5.92 Å². The number of nitrogens with zero attached hydrogens (tertiary/aromatic N) is 2. The Morgan fingerprint density at radius 2 is 1.77 bits per heavy atom. The van der Waals surface area contributed by atoms with Gasteiger partial charge in [-0.25, -0.2) is 0 Å². The van der Waals surface area contributed by atoms with E-state index in [9.17, 15) is 19.8 Å². The van der Waals surface area contributed by atoms with Crippen LogP contribution < -0.4 is 9.47 Å². The number of Topliss-reactive ketones (excluding diaryl/α,β-unsaturated/α-hetero) is 1. The lowest BCUT2D eigenvalue weighted by Crippen LogP contribution is -2.35. The number of ether oxygens (including phenoxy) is 2. The number of phenols is 1. The van der Waals surface area contributed by atoms with Crippen molar-refractivity contribution in [3.63, 3.8) is 0 Å². The van der Waals surface area contributed by atoms with Gasteiger partial charge < -0.3 is 29.5 Å². The summed E-state index contributed by atoms with van der Waals surface area (Å²) in [6, 6.07) is 10.7. The first-order valence-corrected chi connectivity index (χ1v) is 11.8. The number of hydrogen-bond donors (Lipinski definition) is 2. The van der Waals surface area contributed by atoms with E-state index in [1.165, 1.54) is 11.0 Å². The van der Waals surface area contributed by atoms with Gasteiger partial charge in [-0.1, -0.05) is 19.9 Å². The minimum absolute atomic E-state index is 0.00209. The summed E-state index contributed by atoms with van der Waals surface area (Å²) in [5.74, 6) is -0.472. The Kier molecular flexibility index (Phi) is 8.40. The van der Waals surface area contributed by atoms with Gasteiger partial charge in [0.05, 0.1) is 24.8 Å². The zero-order valence-corrected chi connectivity index (χ0v) is 20.9. The first kappa shape index (κ1) is 26.1. The van der Waals surface area contributed by atoms with Crippen molar-refractivity contribution >= 4 is 17.4 Å². The van der Waals surface area contributed by atoms with E-state index >= 15 is 0 Å². The van der Waals surface area contributed by atoms with E-state index in [2.05, 4.69) is 13.8 Å². The quantitative estimate of drug-likeness (QED) is 0.302. The number of carbonyl (C=O) groups excluding carboxylic acids is 2. The molecule has 0 aromatic heterocycles. The van der Waals surface area contributed by atoms with Crippen molar-refractivity contribution in [2.75, 3.05) is 40.4 Å². The van der Waals surface area contributed by atoms with Gasteiger partial charge in [-0.3, -0.25) is 9.59 Å². The fraction of sp³-hybridized carbons (Fsp3) is 0.407. The van der Waals surface area contributed by atoms with Crippen molar-refractivity contribution in [3.05, 3.63) is 59.2 Å². The molecule has 1 fully saturated rings. The van der Waals surface area contributed by atoms with Crippen LogP contribution in [0.3, 0.4) is 0 Å². The molecule has 0 saturated carbocycles. The van der Waals surface area contributed by atoms with Gasteiger partial charge in [0.1, 0.15) is 11.5 Å². The van der Waals surface area contributed by atoms with Crippen molar-refractivity contribution in [2.45, 2.75) is 26.8 Å². The molecule has 2 aromatic rings. The molecule has 8 heteroatoms. The van der Waals surface area contributed by atoms with E-state index in [4.69, 9.17) is 9.47 Å². The molecular weight excluding hydrogens is 448 g/mol. The van der Waals surface area contributed by atoms with Crippen LogP contribution in [0.5, 0.6) is 17.2 Å². The van der Waals surface area contributed by atoms with Crippen LogP contribution in [-0.4, -0.2) is 72.1 Å². The Morgan fingerprint density at radius 1 is 1.09 bits per heavy atom. The van der Waals surface area contributed by atoms with Crippen molar-refractivity contribution in [1.82, 2.24) is 9.80 Å². The molecule has 1 unspecified atom stereocenters. The van der Waals surface area contributed by atoms with E-state index < -0.39 is 17.7 Å². The summed E-state index contributed by atoms with van der Waals surface area (Å²) in [7, 11) is 3.75. The van der Waals surface area contributed by atoms with Gasteiger partial charge in [0.2, 0.25) is 0 Å². The molecular formula is C27H34N2O6. The summed E-state index contributed by atoms with van der Waals surface area (Å²) in [6.45, 7) is 7.61. The fourth-order valence-corrected chi connectivity index (χ4v) is 3.86. The lowest BCUT2D eigenvalue weighted by molar-refractivity contribution is -0.140. The highest BCUT2D eigenvalue weighted by molar-refractivity contribution is 6.46. The Balaban J connectivity index is 2.07. The van der Waals surface area contributed by atoms with E-state index in [1.807, 2.05) is 19.0 Å². The first-order valence-electron chi connectivity index (χ1n) is 11.8. The maximum atomic E-state index is 13.2. The average Bonchev–Trinajstić information content (AvgIpc) is 3.07. The molecule has 1 saturated heterocycles. The molecule has 188 valence electrons. The zero-order chi connectivity index (χ0) is 25.7. The van der Waals surface area contributed by atoms with E-state index in [0.717, 1.165) is 0 Å². The summed E-state index contributed by atoms with van der Waals surface area (Å²) in [5.41, 5.74) is 0.960. The molecule has 0 bridgehead atoms. The summed E-state index contributed by atoms with van der Waals surface area (Å²) < 4.78 is 11.2. The van der Waals surface area contributed by atoms with Crippen LogP contribution in [-0.2, 0) is 9.59 Å². The normalized spacial score (nSPS) is 17.5. The number of carbonyl (C=O) groups is 2. The van der Waals surface area contributed by atoms with Crippen LogP contribution in [0.1, 0.15) is 37.9 Å². The van der Waals surface area contributed by atoms with Crippen LogP contribution in [0.15, 0.2) is 48.0 Å². The Bertz CT molecular complexity index is 1090. The number of phenolic OH excluding ortho intramolecular Hbond substituents is 1. The molecule has 0 radical (unpaired) electrons. The monoisotopic (exact) mass is 482 g/mol. The number of aliphatic hydroxyl groups excluding tert-OH is 1. The number of rotatable bonds is 10. The Morgan fingerprint density at radius 3 is 2.37 bits per heavy atom. The number of aromatic hydroxyl groups is 1. The minimum Gasteiger partial charge on any atom is -0.507 e. The van der Waals surface area contributed by atoms with E-state index in [0.29, 0.717) is 42.6 Å². The predicted octanol–water partition coefficient (Wildman–Crippen LogP) is 3.81. The van der Waals surface area contributed by atoms with Gasteiger partial charge in [-0.05, 0) is 68.9 Å². The zero-order valence-electron chi connectivity index (χ0n) is 20.9. The molecule has 1 amide bonds. The van der Waals surface area contributed by atoms with Crippen LogP contribution >= 0.6 is 0 Å². The van der Waals surface area contributed by atoms with Crippen LogP contribution in [0.2, 0.25) is 0 Å². The largest absolute Gasteiger partial charge is 0.507 e. The minimum atomic E-state index is -0.827. The maximum Gasteiger partial charge on any atom is 0.295 e. The number of aliphatic hydroxyl groups is 1. The maximum absolute atomic E-state index is 13.2. The summed E-state index contributed by atoms with van der Waals surface area (Å²) >= 11 is 0. The number of ketones is 1. The molecule has 1 aliphatic heterocycles. The molecule has 2 N–H and O–H groups in total. The standard InChI is InChI=1S/C27H34N2O6/c1-6-34-22-15-19(9-12-21(22)30)24-23(26(32)27(33)29(24)14-13-28(4)5)25(31)18-7-10-20(11-8-18)35-16-17(2)3/h7-12,15,17,24,30-31H,6,13-14,16H2,1-5H3. The molecule has 0 spiro atoms. The van der Waals surface area contributed by atoms with Gasteiger partial charge in [0.25, 0.3) is 11.7 Å². The molecule has 8 nitrogen and oxygen atoms in total. The number of amides is 1. The number of likely N-dealkylation sites (N-methyl/N-ethyl adjacent to an activating group) is 1. The fourth-order valence-electron chi connectivity index (χ4n) is 3.86. The highest BCUT2D eigenvalue weighted by Gasteiger charge is 2.46. The predicted molar refractivity (Wildman–Crippen MR) is 134 cm³/mol. The molecule has 3 rings (SSSR count). The lowest BCUT2D eigenvalue weighted by Gasteiger charge is -2.27. The summed E-state index contributed by atoms with van der Waals surface area (Å²) in [6.07, 6.45) is 0. The summed E-state index contributed by atoms with van der Waals surface area (Å²) in [4.78, 5) is 29.6. The Labute approximate surface area is 206 Å². The first-order chi connectivity index (χ1) is 16.6. The lowest BCUT2D eigenvalue weighted by atomic mass is 9.95. The van der Waals surface area contributed by atoms with E-state index in [-0.39, 0.29) is 29.4 Å². The van der Waals surface area contributed by atoms with Crippen molar-refractivity contribution in [1.29, 1.82) is 0 Å². The second kappa shape index (κ2) is 11.3. The molecule has 1 atom stereocenters. The third-order valence-electron chi connectivity index (χ3n) is 5.64. The SMILES string of the molecule is CCOc1cc(C2C(=C(O)c3ccc(OCC(C)C)cc3)C(=O)C(=O)N2CCN(C)C)ccc1O. The van der Waals surface area contributed by atoms with Gasteiger partial charge in [0.15, 0.2) is 11.5 Å². The van der Waals surface area contributed by atoms with Gasteiger partial charge >= 0.3 is 0 Å².